The number of benzene rings is 2. The molecule has 2 aromatic carbocycles. The summed E-state index contributed by atoms with van der Waals surface area (Å²) in [7, 11) is 0. The number of hydrogen-bond acceptors (Lipinski definition) is 4. The number of carbonyl (C=O) groups is 1. The topological polar surface area (TPSA) is 66.9 Å². The maximum absolute atomic E-state index is 12.9. The van der Waals surface area contributed by atoms with Crippen LogP contribution in [0.2, 0.25) is 10.0 Å². The molecule has 26 heavy (non-hydrogen) atoms. The minimum Gasteiger partial charge on any atom is -0.348 e. The summed E-state index contributed by atoms with van der Waals surface area (Å²) in [5.74, 6) is -0.401. The molecule has 0 atom stereocenters. The quantitative estimate of drug-likeness (QED) is 0.668. The number of anilines is 2. The third kappa shape index (κ3) is 4.47. The summed E-state index contributed by atoms with van der Waals surface area (Å²) in [6.45, 7) is 0.272. The van der Waals surface area contributed by atoms with Crippen LogP contribution in [0.15, 0.2) is 54.9 Å². The van der Waals surface area contributed by atoms with Gasteiger partial charge in [-0.3, -0.25) is 4.79 Å². The van der Waals surface area contributed by atoms with E-state index in [9.17, 15) is 9.18 Å². The molecular formula is C18H13Cl2FN4O. The predicted molar refractivity (Wildman–Crippen MR) is 99.3 cm³/mol. The van der Waals surface area contributed by atoms with Gasteiger partial charge in [-0.05, 0) is 29.8 Å². The van der Waals surface area contributed by atoms with E-state index in [-0.39, 0.29) is 24.2 Å². The number of para-hydroxylation sites is 1. The number of halogens is 3. The minimum atomic E-state index is -0.336. The van der Waals surface area contributed by atoms with E-state index in [0.29, 0.717) is 21.3 Å². The molecule has 0 aliphatic carbocycles. The second-order valence-electron chi connectivity index (χ2n) is 5.33. The SMILES string of the molecule is O=C(NCc1ccc(F)cc1)c1cnc(Nc2c(Cl)cccc2Cl)nc1. The van der Waals surface area contributed by atoms with E-state index in [0.717, 1.165) is 5.56 Å². The van der Waals surface area contributed by atoms with Crippen molar-refractivity contribution in [2.24, 2.45) is 0 Å². The number of nitrogens with zero attached hydrogens (tertiary/aromatic N) is 2. The van der Waals surface area contributed by atoms with Gasteiger partial charge < -0.3 is 10.6 Å². The van der Waals surface area contributed by atoms with Crippen LogP contribution in [0.4, 0.5) is 16.0 Å². The first-order valence-corrected chi connectivity index (χ1v) is 8.34. The van der Waals surface area contributed by atoms with Crippen molar-refractivity contribution in [2.45, 2.75) is 6.54 Å². The number of rotatable bonds is 5. The molecule has 8 heteroatoms. The number of amides is 1. The second kappa shape index (κ2) is 8.12. The fourth-order valence-electron chi connectivity index (χ4n) is 2.13. The number of aromatic nitrogens is 2. The van der Waals surface area contributed by atoms with Crippen molar-refractivity contribution >= 4 is 40.7 Å². The van der Waals surface area contributed by atoms with Crippen LogP contribution in [0.1, 0.15) is 15.9 Å². The Morgan fingerprint density at radius 3 is 2.23 bits per heavy atom. The van der Waals surface area contributed by atoms with Gasteiger partial charge in [0.05, 0.1) is 21.3 Å². The monoisotopic (exact) mass is 390 g/mol. The minimum absolute atomic E-state index is 0.259. The first-order chi connectivity index (χ1) is 12.5. The smallest absolute Gasteiger partial charge is 0.254 e. The molecule has 5 nitrogen and oxygen atoms in total. The third-order valence-corrected chi connectivity index (χ3v) is 4.11. The fraction of sp³-hybridized carbons (Fsp3) is 0.0556. The van der Waals surface area contributed by atoms with Crippen molar-refractivity contribution in [3.8, 4) is 0 Å². The highest BCUT2D eigenvalue weighted by molar-refractivity contribution is 6.39. The highest BCUT2D eigenvalue weighted by atomic mass is 35.5. The fourth-order valence-corrected chi connectivity index (χ4v) is 2.62. The Bertz CT molecular complexity index is 897. The molecule has 0 saturated heterocycles. The van der Waals surface area contributed by atoms with Crippen LogP contribution >= 0.6 is 23.2 Å². The van der Waals surface area contributed by atoms with Gasteiger partial charge in [0, 0.05) is 18.9 Å². The van der Waals surface area contributed by atoms with Crippen LogP contribution < -0.4 is 10.6 Å². The number of carbonyl (C=O) groups excluding carboxylic acids is 1. The Morgan fingerprint density at radius 2 is 1.62 bits per heavy atom. The molecule has 2 N–H and O–H groups in total. The average Bonchev–Trinajstić information content (AvgIpc) is 2.65. The molecule has 0 spiro atoms. The van der Waals surface area contributed by atoms with E-state index < -0.39 is 0 Å². The molecule has 0 bridgehead atoms. The van der Waals surface area contributed by atoms with Crippen LogP contribution in [-0.2, 0) is 6.54 Å². The van der Waals surface area contributed by atoms with Gasteiger partial charge in [0.1, 0.15) is 5.82 Å². The molecule has 1 heterocycles. The first-order valence-electron chi connectivity index (χ1n) is 7.58. The zero-order valence-corrected chi connectivity index (χ0v) is 14.9. The Morgan fingerprint density at radius 1 is 1.00 bits per heavy atom. The maximum Gasteiger partial charge on any atom is 0.254 e. The lowest BCUT2D eigenvalue weighted by molar-refractivity contribution is 0.0950. The van der Waals surface area contributed by atoms with E-state index in [1.54, 1.807) is 30.3 Å². The molecule has 3 aromatic rings. The Labute approximate surface area is 159 Å². The number of hydrogen-bond donors (Lipinski definition) is 2. The Kier molecular flexibility index (Phi) is 5.65. The van der Waals surface area contributed by atoms with E-state index >= 15 is 0 Å². The zero-order chi connectivity index (χ0) is 18.5. The Balaban J connectivity index is 1.63. The van der Waals surface area contributed by atoms with Gasteiger partial charge in [0.15, 0.2) is 0 Å². The highest BCUT2D eigenvalue weighted by Crippen LogP contribution is 2.31. The maximum atomic E-state index is 12.9. The van der Waals surface area contributed by atoms with Crippen LogP contribution in [0.5, 0.6) is 0 Å². The molecule has 0 aliphatic rings. The molecule has 0 unspecified atom stereocenters. The van der Waals surface area contributed by atoms with Crippen molar-refractivity contribution in [3.05, 3.63) is 81.8 Å². The molecule has 0 aliphatic heterocycles. The van der Waals surface area contributed by atoms with Crippen molar-refractivity contribution in [3.63, 3.8) is 0 Å². The molecule has 0 saturated carbocycles. The lowest BCUT2D eigenvalue weighted by atomic mass is 10.2. The molecule has 1 aromatic heterocycles. The van der Waals surface area contributed by atoms with Crippen molar-refractivity contribution in [2.75, 3.05) is 5.32 Å². The first kappa shape index (κ1) is 18.1. The summed E-state index contributed by atoms with van der Waals surface area (Å²) in [4.78, 5) is 20.3. The zero-order valence-electron chi connectivity index (χ0n) is 13.3. The lowest BCUT2D eigenvalue weighted by Gasteiger charge is -2.09. The molecule has 0 radical (unpaired) electrons. The summed E-state index contributed by atoms with van der Waals surface area (Å²) in [5, 5.41) is 6.50. The normalized spacial score (nSPS) is 10.4. The molecule has 3 rings (SSSR count). The van der Waals surface area contributed by atoms with Crippen LogP contribution in [0, 0.1) is 5.82 Å². The summed E-state index contributed by atoms with van der Waals surface area (Å²) < 4.78 is 12.9. The summed E-state index contributed by atoms with van der Waals surface area (Å²) in [6.07, 6.45) is 2.78. The number of nitrogens with one attached hydrogen (secondary N) is 2. The predicted octanol–water partition coefficient (Wildman–Crippen LogP) is 4.60. The standard InChI is InChI=1S/C18H13Cl2FN4O/c19-14-2-1-3-15(20)16(14)25-18-23-9-12(10-24-18)17(26)22-8-11-4-6-13(21)7-5-11/h1-7,9-10H,8H2,(H,22,26)(H,23,24,25). The van der Waals surface area contributed by atoms with Gasteiger partial charge in [-0.15, -0.1) is 0 Å². The van der Waals surface area contributed by atoms with Crippen LogP contribution in [0.3, 0.4) is 0 Å². The lowest BCUT2D eigenvalue weighted by Crippen LogP contribution is -2.23. The molecule has 1 amide bonds. The van der Waals surface area contributed by atoms with Gasteiger partial charge in [0.25, 0.3) is 5.91 Å². The van der Waals surface area contributed by atoms with E-state index in [1.165, 1.54) is 24.5 Å². The van der Waals surface area contributed by atoms with E-state index in [2.05, 4.69) is 20.6 Å². The van der Waals surface area contributed by atoms with Gasteiger partial charge in [0.2, 0.25) is 5.95 Å². The molecule has 132 valence electrons. The van der Waals surface area contributed by atoms with Crippen molar-refractivity contribution in [1.29, 1.82) is 0 Å². The van der Waals surface area contributed by atoms with E-state index in [1.807, 2.05) is 0 Å². The largest absolute Gasteiger partial charge is 0.348 e. The van der Waals surface area contributed by atoms with Gasteiger partial charge in [-0.25, -0.2) is 14.4 Å². The van der Waals surface area contributed by atoms with Crippen LogP contribution in [0.25, 0.3) is 0 Å². The molecular weight excluding hydrogens is 378 g/mol. The molecule has 0 fully saturated rings. The van der Waals surface area contributed by atoms with Gasteiger partial charge in [-0.1, -0.05) is 41.4 Å². The van der Waals surface area contributed by atoms with Crippen molar-refractivity contribution in [1.82, 2.24) is 15.3 Å². The average molecular weight is 391 g/mol. The second-order valence-corrected chi connectivity index (χ2v) is 6.14. The highest BCUT2D eigenvalue weighted by Gasteiger charge is 2.10. The van der Waals surface area contributed by atoms with Crippen LogP contribution in [-0.4, -0.2) is 15.9 Å². The summed E-state index contributed by atoms with van der Waals surface area (Å²) >= 11 is 12.2. The summed E-state index contributed by atoms with van der Waals surface area (Å²) in [6, 6.07) is 11.0. The summed E-state index contributed by atoms with van der Waals surface area (Å²) in [5.41, 5.74) is 1.57. The van der Waals surface area contributed by atoms with Gasteiger partial charge in [-0.2, -0.15) is 0 Å². The van der Waals surface area contributed by atoms with Gasteiger partial charge >= 0.3 is 0 Å². The Hall–Kier alpha value is -2.70. The van der Waals surface area contributed by atoms with E-state index in [4.69, 9.17) is 23.2 Å². The van der Waals surface area contributed by atoms with Crippen molar-refractivity contribution < 1.29 is 9.18 Å². The third-order valence-electron chi connectivity index (χ3n) is 3.48.